The summed E-state index contributed by atoms with van der Waals surface area (Å²) in [6, 6.07) is 4.47. The van der Waals surface area contributed by atoms with E-state index in [1.165, 1.54) is 12.1 Å². The van der Waals surface area contributed by atoms with Crippen molar-refractivity contribution in [1.29, 1.82) is 0 Å². The molecule has 1 rings (SSSR count). The van der Waals surface area contributed by atoms with Gasteiger partial charge in [0.15, 0.2) is 0 Å². The SMILES string of the molecule is COCCSc1ccc(F)cc1[C@@H](C)O. The minimum absolute atomic E-state index is 0.318. The molecule has 84 valence electrons. The van der Waals surface area contributed by atoms with Crippen LogP contribution in [0, 0.1) is 5.82 Å². The molecule has 0 fully saturated rings. The van der Waals surface area contributed by atoms with Crippen LogP contribution >= 0.6 is 11.8 Å². The standard InChI is InChI=1S/C11H15FO2S/c1-8(13)10-7-9(12)3-4-11(10)15-6-5-14-2/h3-4,7-8,13H,5-6H2,1-2H3/t8-/m1/s1. The number of benzene rings is 1. The van der Waals surface area contributed by atoms with Gasteiger partial charge in [-0.2, -0.15) is 0 Å². The number of thioether (sulfide) groups is 1. The molecular formula is C11H15FO2S. The van der Waals surface area contributed by atoms with Gasteiger partial charge in [-0.15, -0.1) is 11.8 Å². The summed E-state index contributed by atoms with van der Waals surface area (Å²) in [4.78, 5) is 0.906. The summed E-state index contributed by atoms with van der Waals surface area (Å²) in [5, 5.41) is 9.47. The summed E-state index contributed by atoms with van der Waals surface area (Å²) in [6.07, 6.45) is -0.647. The molecule has 0 aliphatic heterocycles. The zero-order valence-corrected chi connectivity index (χ0v) is 9.68. The third-order valence-corrected chi connectivity index (χ3v) is 3.02. The van der Waals surface area contributed by atoms with E-state index in [2.05, 4.69) is 0 Å². The fraction of sp³-hybridized carbons (Fsp3) is 0.455. The molecule has 0 saturated heterocycles. The second-order valence-electron chi connectivity index (χ2n) is 3.20. The number of ether oxygens (including phenoxy) is 1. The molecule has 0 aromatic heterocycles. The van der Waals surface area contributed by atoms with Crippen LogP contribution in [0.2, 0.25) is 0 Å². The molecule has 0 bridgehead atoms. The van der Waals surface area contributed by atoms with Crippen molar-refractivity contribution in [3.05, 3.63) is 29.6 Å². The van der Waals surface area contributed by atoms with E-state index in [1.807, 2.05) is 0 Å². The quantitative estimate of drug-likeness (QED) is 0.623. The van der Waals surface area contributed by atoms with Crippen molar-refractivity contribution in [3.63, 3.8) is 0 Å². The van der Waals surface area contributed by atoms with Crippen LogP contribution in [0.15, 0.2) is 23.1 Å². The van der Waals surface area contributed by atoms with Gasteiger partial charge < -0.3 is 9.84 Å². The maximum absolute atomic E-state index is 13.0. The van der Waals surface area contributed by atoms with E-state index in [0.717, 1.165) is 10.6 Å². The molecule has 4 heteroatoms. The van der Waals surface area contributed by atoms with Crippen LogP contribution in [0.25, 0.3) is 0 Å². The molecule has 0 heterocycles. The number of hydrogen-bond donors (Lipinski definition) is 1. The Morgan fingerprint density at radius 3 is 2.87 bits per heavy atom. The molecule has 0 saturated carbocycles. The molecule has 1 atom stereocenters. The molecule has 0 amide bonds. The lowest BCUT2D eigenvalue weighted by atomic mass is 10.1. The van der Waals surface area contributed by atoms with E-state index in [4.69, 9.17) is 4.74 Å². The second-order valence-corrected chi connectivity index (χ2v) is 4.34. The van der Waals surface area contributed by atoms with Crippen molar-refractivity contribution in [1.82, 2.24) is 0 Å². The number of aliphatic hydroxyl groups excluding tert-OH is 1. The van der Waals surface area contributed by atoms with Gasteiger partial charge in [0.2, 0.25) is 0 Å². The first-order valence-corrected chi connectivity index (χ1v) is 5.73. The average Bonchev–Trinajstić information content (AvgIpc) is 2.20. The van der Waals surface area contributed by atoms with E-state index in [-0.39, 0.29) is 5.82 Å². The molecule has 1 N–H and O–H groups in total. The van der Waals surface area contributed by atoms with Gasteiger partial charge in [-0.05, 0) is 30.7 Å². The average molecular weight is 230 g/mol. The molecule has 1 aromatic carbocycles. The van der Waals surface area contributed by atoms with Gasteiger partial charge in [0, 0.05) is 17.8 Å². The third-order valence-electron chi connectivity index (χ3n) is 1.97. The summed E-state index contributed by atoms with van der Waals surface area (Å²) in [7, 11) is 1.64. The van der Waals surface area contributed by atoms with E-state index >= 15 is 0 Å². The first kappa shape index (κ1) is 12.5. The summed E-state index contributed by atoms with van der Waals surface area (Å²) < 4.78 is 17.9. The highest BCUT2D eigenvalue weighted by Gasteiger charge is 2.09. The Balaban J connectivity index is 2.77. The van der Waals surface area contributed by atoms with Crippen LogP contribution in [0.5, 0.6) is 0 Å². The number of halogens is 1. The molecule has 0 radical (unpaired) electrons. The normalized spacial score (nSPS) is 12.8. The summed E-state index contributed by atoms with van der Waals surface area (Å²) in [5.41, 5.74) is 0.635. The zero-order valence-electron chi connectivity index (χ0n) is 8.87. The monoisotopic (exact) mass is 230 g/mol. The van der Waals surface area contributed by atoms with Crippen LogP contribution in [0.3, 0.4) is 0 Å². The van der Waals surface area contributed by atoms with Crippen molar-refractivity contribution in [3.8, 4) is 0 Å². The highest BCUT2D eigenvalue weighted by molar-refractivity contribution is 7.99. The van der Waals surface area contributed by atoms with Gasteiger partial charge in [-0.25, -0.2) is 4.39 Å². The van der Waals surface area contributed by atoms with E-state index in [0.29, 0.717) is 12.2 Å². The Labute approximate surface area is 93.5 Å². The molecule has 0 aliphatic rings. The molecule has 1 aromatic rings. The largest absolute Gasteiger partial charge is 0.389 e. The van der Waals surface area contributed by atoms with Crippen molar-refractivity contribution in [2.75, 3.05) is 19.5 Å². The maximum Gasteiger partial charge on any atom is 0.123 e. The highest BCUT2D eigenvalue weighted by atomic mass is 32.2. The summed E-state index contributed by atoms with van der Waals surface area (Å²) in [5.74, 6) is 0.476. The van der Waals surface area contributed by atoms with Crippen LogP contribution in [0.1, 0.15) is 18.6 Å². The van der Waals surface area contributed by atoms with E-state index in [1.54, 1.807) is 31.9 Å². The molecule has 2 nitrogen and oxygen atoms in total. The lowest BCUT2D eigenvalue weighted by Gasteiger charge is -2.11. The predicted octanol–water partition coefficient (Wildman–Crippen LogP) is 2.62. The Morgan fingerprint density at radius 1 is 1.53 bits per heavy atom. The Hall–Kier alpha value is -0.580. The van der Waals surface area contributed by atoms with Crippen LogP contribution < -0.4 is 0 Å². The number of methoxy groups -OCH3 is 1. The fourth-order valence-corrected chi connectivity index (χ4v) is 2.24. The van der Waals surface area contributed by atoms with Gasteiger partial charge in [-0.3, -0.25) is 0 Å². The number of hydrogen-bond acceptors (Lipinski definition) is 3. The van der Waals surface area contributed by atoms with Crippen molar-refractivity contribution in [2.24, 2.45) is 0 Å². The smallest absolute Gasteiger partial charge is 0.123 e. The lowest BCUT2D eigenvalue weighted by molar-refractivity contribution is 0.195. The van der Waals surface area contributed by atoms with Gasteiger partial charge >= 0.3 is 0 Å². The lowest BCUT2D eigenvalue weighted by Crippen LogP contribution is -1.97. The molecular weight excluding hydrogens is 215 g/mol. The Bertz CT molecular complexity index is 315. The maximum atomic E-state index is 13.0. The zero-order chi connectivity index (χ0) is 11.3. The van der Waals surface area contributed by atoms with Gasteiger partial charge in [0.25, 0.3) is 0 Å². The van der Waals surface area contributed by atoms with E-state index in [9.17, 15) is 9.50 Å². The summed E-state index contributed by atoms with van der Waals surface area (Å²) >= 11 is 1.56. The minimum atomic E-state index is -0.647. The molecule has 15 heavy (non-hydrogen) atoms. The van der Waals surface area contributed by atoms with Crippen LogP contribution in [0.4, 0.5) is 4.39 Å². The van der Waals surface area contributed by atoms with Gasteiger partial charge in [0.1, 0.15) is 5.82 Å². The molecule has 0 aliphatic carbocycles. The van der Waals surface area contributed by atoms with Crippen molar-refractivity contribution >= 4 is 11.8 Å². The Morgan fingerprint density at radius 2 is 2.27 bits per heavy atom. The molecule has 0 spiro atoms. The second kappa shape index (κ2) is 6.10. The number of aliphatic hydroxyl groups is 1. The van der Waals surface area contributed by atoms with Crippen molar-refractivity contribution < 1.29 is 14.2 Å². The first-order valence-electron chi connectivity index (χ1n) is 4.74. The molecule has 0 unspecified atom stereocenters. The fourth-order valence-electron chi connectivity index (χ4n) is 1.21. The highest BCUT2D eigenvalue weighted by Crippen LogP contribution is 2.28. The Kier molecular flexibility index (Phi) is 5.08. The van der Waals surface area contributed by atoms with Gasteiger partial charge in [-0.1, -0.05) is 0 Å². The summed E-state index contributed by atoms with van der Waals surface area (Å²) in [6.45, 7) is 2.27. The van der Waals surface area contributed by atoms with Crippen molar-refractivity contribution in [2.45, 2.75) is 17.9 Å². The van der Waals surface area contributed by atoms with Crippen LogP contribution in [-0.2, 0) is 4.74 Å². The van der Waals surface area contributed by atoms with Crippen LogP contribution in [-0.4, -0.2) is 24.6 Å². The first-order chi connectivity index (χ1) is 7.15. The topological polar surface area (TPSA) is 29.5 Å². The third kappa shape index (κ3) is 3.81. The van der Waals surface area contributed by atoms with Gasteiger partial charge in [0.05, 0.1) is 12.7 Å². The van der Waals surface area contributed by atoms with E-state index < -0.39 is 6.10 Å². The minimum Gasteiger partial charge on any atom is -0.389 e. The number of rotatable bonds is 5. The predicted molar refractivity (Wildman–Crippen MR) is 59.6 cm³/mol.